The van der Waals surface area contributed by atoms with Crippen molar-refractivity contribution in [2.45, 2.75) is 18.9 Å². The van der Waals surface area contributed by atoms with Gasteiger partial charge >= 0.3 is 0 Å². The van der Waals surface area contributed by atoms with Crippen LogP contribution in [-0.2, 0) is 0 Å². The standard InChI is InChI=1S/C14H18ClN3O2.2ClH/c15-13-4-3-11(18(19)20)9-12(13)14(10-1-2-10)17-7-5-16-6-8-17;;/h3-4,9-10,14,16H,1-2,5-8H2;2*1H/t14-;;/m0../s1. The molecule has 1 aromatic carbocycles. The highest BCUT2D eigenvalue weighted by molar-refractivity contribution is 6.31. The van der Waals surface area contributed by atoms with Gasteiger partial charge < -0.3 is 5.32 Å². The van der Waals surface area contributed by atoms with Crippen LogP contribution in [-0.4, -0.2) is 36.0 Å². The van der Waals surface area contributed by atoms with Gasteiger partial charge in [0.05, 0.1) is 4.92 Å². The summed E-state index contributed by atoms with van der Waals surface area (Å²) in [5, 5.41) is 15.0. The number of benzene rings is 1. The van der Waals surface area contributed by atoms with Crippen molar-refractivity contribution in [3.8, 4) is 0 Å². The van der Waals surface area contributed by atoms with E-state index in [1.807, 2.05) is 0 Å². The molecule has 0 unspecified atom stereocenters. The van der Waals surface area contributed by atoms with Crippen molar-refractivity contribution in [2.24, 2.45) is 5.92 Å². The van der Waals surface area contributed by atoms with Crippen molar-refractivity contribution >= 4 is 42.1 Å². The number of nitro groups is 1. The Hall–Kier alpha value is -0.590. The Labute approximate surface area is 147 Å². The summed E-state index contributed by atoms with van der Waals surface area (Å²) in [6.07, 6.45) is 2.38. The van der Waals surface area contributed by atoms with Crippen LogP contribution < -0.4 is 5.32 Å². The second kappa shape index (κ2) is 8.31. The van der Waals surface area contributed by atoms with E-state index in [4.69, 9.17) is 11.6 Å². The molecule has 0 bridgehead atoms. The predicted molar refractivity (Wildman–Crippen MR) is 92.5 cm³/mol. The molecule has 1 heterocycles. The molecule has 1 aliphatic carbocycles. The minimum atomic E-state index is -0.346. The fourth-order valence-electron chi connectivity index (χ4n) is 2.99. The van der Waals surface area contributed by atoms with Crippen LogP contribution >= 0.6 is 36.4 Å². The van der Waals surface area contributed by atoms with Crippen LogP contribution in [0.1, 0.15) is 24.4 Å². The molecule has 0 radical (unpaired) electrons. The summed E-state index contributed by atoms with van der Waals surface area (Å²) < 4.78 is 0. The molecule has 1 atom stereocenters. The molecule has 0 amide bonds. The number of nitrogens with zero attached hydrogens (tertiary/aromatic N) is 2. The highest BCUT2D eigenvalue weighted by Crippen LogP contribution is 2.47. The Kier molecular flexibility index (Phi) is 7.35. The predicted octanol–water partition coefficient (Wildman–Crippen LogP) is 3.45. The van der Waals surface area contributed by atoms with E-state index in [0.717, 1.165) is 31.7 Å². The zero-order chi connectivity index (χ0) is 14.1. The van der Waals surface area contributed by atoms with E-state index in [2.05, 4.69) is 10.2 Å². The van der Waals surface area contributed by atoms with Gasteiger partial charge in [-0.15, -0.1) is 24.8 Å². The molecule has 22 heavy (non-hydrogen) atoms. The SMILES string of the molecule is Cl.Cl.O=[N+]([O-])c1ccc(Cl)c([C@H](C2CC2)N2CCNCC2)c1. The van der Waals surface area contributed by atoms with E-state index in [1.54, 1.807) is 12.1 Å². The first-order chi connectivity index (χ1) is 9.66. The van der Waals surface area contributed by atoms with Crippen LogP contribution in [0.3, 0.4) is 0 Å². The lowest BCUT2D eigenvalue weighted by Gasteiger charge is -2.35. The van der Waals surface area contributed by atoms with Crippen LogP contribution in [0, 0.1) is 16.0 Å². The van der Waals surface area contributed by atoms with Gasteiger partial charge in [-0.05, 0) is 30.4 Å². The Morgan fingerprint density at radius 2 is 1.91 bits per heavy atom. The normalized spacial score (nSPS) is 19.7. The van der Waals surface area contributed by atoms with Crippen molar-refractivity contribution in [1.82, 2.24) is 10.2 Å². The first-order valence-electron chi connectivity index (χ1n) is 7.05. The quantitative estimate of drug-likeness (QED) is 0.653. The maximum atomic E-state index is 11.0. The van der Waals surface area contributed by atoms with Crippen molar-refractivity contribution in [2.75, 3.05) is 26.2 Å². The van der Waals surface area contributed by atoms with Gasteiger partial charge in [-0.3, -0.25) is 15.0 Å². The highest BCUT2D eigenvalue weighted by atomic mass is 35.5. The molecule has 0 aromatic heterocycles. The molecule has 1 aliphatic heterocycles. The summed E-state index contributed by atoms with van der Waals surface area (Å²) in [5.74, 6) is 0.590. The second-order valence-electron chi connectivity index (χ2n) is 5.53. The summed E-state index contributed by atoms with van der Waals surface area (Å²) in [5.41, 5.74) is 1.05. The maximum absolute atomic E-state index is 11.0. The molecule has 2 aliphatic rings. The maximum Gasteiger partial charge on any atom is 0.269 e. The summed E-state index contributed by atoms with van der Waals surface area (Å²) in [7, 11) is 0. The van der Waals surface area contributed by atoms with E-state index >= 15 is 0 Å². The number of rotatable bonds is 4. The molecule has 5 nitrogen and oxygen atoms in total. The number of hydrogen-bond acceptors (Lipinski definition) is 4. The van der Waals surface area contributed by atoms with Gasteiger partial charge in [0.1, 0.15) is 0 Å². The van der Waals surface area contributed by atoms with Crippen molar-refractivity contribution < 1.29 is 4.92 Å². The number of halogens is 3. The number of nitro benzene ring substituents is 1. The van der Waals surface area contributed by atoms with Crippen LogP contribution in [0.2, 0.25) is 5.02 Å². The molecular formula is C14H20Cl3N3O2. The van der Waals surface area contributed by atoms with Crippen LogP contribution in [0.4, 0.5) is 5.69 Å². The fraction of sp³-hybridized carbons (Fsp3) is 0.571. The number of nitrogens with one attached hydrogen (secondary N) is 1. The largest absolute Gasteiger partial charge is 0.314 e. The Balaban J connectivity index is 0.00000121. The summed E-state index contributed by atoms with van der Waals surface area (Å²) in [6, 6.07) is 5.03. The van der Waals surface area contributed by atoms with Gasteiger partial charge in [0, 0.05) is 49.4 Å². The molecule has 1 N–H and O–H groups in total. The average Bonchev–Trinajstić information content (AvgIpc) is 3.27. The third-order valence-electron chi connectivity index (χ3n) is 4.12. The summed E-state index contributed by atoms with van der Waals surface area (Å²) in [4.78, 5) is 13.1. The highest BCUT2D eigenvalue weighted by Gasteiger charge is 2.38. The van der Waals surface area contributed by atoms with Gasteiger partial charge in [-0.2, -0.15) is 0 Å². The average molecular weight is 369 g/mol. The number of piperazine rings is 1. The Morgan fingerprint density at radius 3 is 2.45 bits per heavy atom. The molecule has 2 fully saturated rings. The van der Waals surface area contributed by atoms with E-state index in [0.29, 0.717) is 10.9 Å². The first-order valence-corrected chi connectivity index (χ1v) is 7.43. The third kappa shape index (κ3) is 4.24. The topological polar surface area (TPSA) is 58.4 Å². The van der Waals surface area contributed by atoms with Crippen LogP contribution in [0.25, 0.3) is 0 Å². The Morgan fingerprint density at radius 1 is 1.27 bits per heavy atom. The Bertz CT molecular complexity index is 520. The molecule has 3 rings (SSSR count). The lowest BCUT2D eigenvalue weighted by atomic mass is 9.99. The van der Waals surface area contributed by atoms with E-state index in [-0.39, 0.29) is 41.5 Å². The van der Waals surface area contributed by atoms with E-state index < -0.39 is 0 Å². The van der Waals surface area contributed by atoms with E-state index in [1.165, 1.54) is 18.9 Å². The van der Waals surface area contributed by atoms with Gasteiger partial charge in [-0.25, -0.2) is 0 Å². The zero-order valence-corrected chi connectivity index (χ0v) is 14.4. The lowest BCUT2D eigenvalue weighted by molar-refractivity contribution is -0.385. The molecule has 8 heteroatoms. The molecule has 1 saturated carbocycles. The lowest BCUT2D eigenvalue weighted by Crippen LogP contribution is -2.45. The molecule has 1 saturated heterocycles. The van der Waals surface area contributed by atoms with Gasteiger partial charge in [0.25, 0.3) is 5.69 Å². The fourth-order valence-corrected chi connectivity index (χ4v) is 3.22. The van der Waals surface area contributed by atoms with Crippen LogP contribution in [0.15, 0.2) is 18.2 Å². The smallest absolute Gasteiger partial charge is 0.269 e. The molecule has 0 spiro atoms. The minimum absolute atomic E-state index is 0. The summed E-state index contributed by atoms with van der Waals surface area (Å²) in [6.45, 7) is 3.88. The molecule has 124 valence electrons. The van der Waals surface area contributed by atoms with Crippen LogP contribution in [0.5, 0.6) is 0 Å². The zero-order valence-electron chi connectivity index (χ0n) is 12.0. The van der Waals surface area contributed by atoms with Gasteiger partial charge in [0.15, 0.2) is 0 Å². The van der Waals surface area contributed by atoms with Crippen molar-refractivity contribution in [3.63, 3.8) is 0 Å². The molecular weight excluding hydrogens is 349 g/mol. The third-order valence-corrected chi connectivity index (χ3v) is 4.47. The van der Waals surface area contributed by atoms with Gasteiger partial charge in [-0.1, -0.05) is 11.6 Å². The van der Waals surface area contributed by atoms with Crippen molar-refractivity contribution in [3.05, 3.63) is 38.9 Å². The van der Waals surface area contributed by atoms with E-state index in [9.17, 15) is 10.1 Å². The van der Waals surface area contributed by atoms with Crippen molar-refractivity contribution in [1.29, 1.82) is 0 Å². The number of hydrogen-bond donors (Lipinski definition) is 1. The minimum Gasteiger partial charge on any atom is -0.314 e. The second-order valence-corrected chi connectivity index (χ2v) is 5.94. The number of non-ortho nitro benzene ring substituents is 1. The monoisotopic (exact) mass is 367 g/mol. The molecule has 1 aromatic rings. The first kappa shape index (κ1) is 19.5. The van der Waals surface area contributed by atoms with Gasteiger partial charge in [0.2, 0.25) is 0 Å². The summed E-state index contributed by atoms with van der Waals surface area (Å²) >= 11 is 6.32.